The average molecular weight is 499 g/mol. The summed E-state index contributed by atoms with van der Waals surface area (Å²) in [4.78, 5) is 35.2. The normalized spacial score (nSPS) is 25.4. The maximum atomic E-state index is 15.0. The van der Waals surface area contributed by atoms with Gasteiger partial charge in [0.1, 0.15) is 12.1 Å². The molecule has 1 aromatic heterocycles. The predicted octanol–water partition coefficient (Wildman–Crippen LogP) is 4.26. The first-order valence-corrected chi connectivity index (χ1v) is 11.2. The molecule has 2 fully saturated rings. The molecule has 2 aliphatic carbocycles. The Bertz CT molecular complexity index is 1100. The van der Waals surface area contributed by atoms with E-state index in [4.69, 9.17) is 11.6 Å². The number of anilines is 1. The van der Waals surface area contributed by atoms with E-state index < -0.39 is 52.6 Å². The van der Waals surface area contributed by atoms with Crippen LogP contribution >= 0.6 is 11.6 Å². The monoisotopic (exact) mass is 498 g/mol. The Kier molecular flexibility index (Phi) is 6.30. The van der Waals surface area contributed by atoms with Crippen molar-refractivity contribution in [2.75, 3.05) is 4.90 Å². The molecule has 2 aromatic rings. The molecule has 0 aliphatic heterocycles. The molecule has 5 atom stereocenters. The Morgan fingerprint density at radius 3 is 2.47 bits per heavy atom. The van der Waals surface area contributed by atoms with Crippen LogP contribution in [-0.2, 0) is 15.1 Å². The van der Waals surface area contributed by atoms with Gasteiger partial charge >= 0.3 is 0 Å². The second-order valence-corrected chi connectivity index (χ2v) is 9.49. The summed E-state index contributed by atoms with van der Waals surface area (Å²) in [6.07, 6.45) is 3.67. The van der Waals surface area contributed by atoms with Crippen molar-refractivity contribution in [2.24, 2.45) is 11.8 Å². The predicted molar refractivity (Wildman–Crippen MR) is 116 cm³/mol. The molecular weight excluding hydrogens is 476 g/mol. The van der Waals surface area contributed by atoms with Crippen molar-refractivity contribution < 1.29 is 27.2 Å². The summed E-state index contributed by atoms with van der Waals surface area (Å²) in [5.41, 5.74) is -4.41. The Labute approximate surface area is 198 Å². The van der Waals surface area contributed by atoms with Crippen LogP contribution in [0.1, 0.15) is 37.3 Å². The number of benzene rings is 1. The van der Waals surface area contributed by atoms with Crippen LogP contribution in [0, 0.1) is 24.6 Å². The molecule has 34 heavy (non-hydrogen) atoms. The van der Waals surface area contributed by atoms with E-state index in [-0.39, 0.29) is 30.5 Å². The second-order valence-electron chi connectivity index (χ2n) is 9.10. The van der Waals surface area contributed by atoms with E-state index in [9.17, 15) is 22.8 Å². The summed E-state index contributed by atoms with van der Waals surface area (Å²) in [5.74, 6) is -7.13. The van der Waals surface area contributed by atoms with E-state index in [0.717, 1.165) is 6.07 Å². The van der Waals surface area contributed by atoms with E-state index in [2.05, 4.69) is 15.3 Å². The van der Waals surface area contributed by atoms with Gasteiger partial charge in [-0.1, -0.05) is 17.7 Å². The lowest BCUT2D eigenvalue weighted by molar-refractivity contribution is -0.132. The molecular formula is C23H23ClF4N4O2. The number of nitrogens with zero attached hydrogens (tertiary/aromatic N) is 3. The van der Waals surface area contributed by atoms with Crippen molar-refractivity contribution in [1.82, 2.24) is 15.3 Å². The molecule has 1 aromatic carbocycles. The van der Waals surface area contributed by atoms with Crippen molar-refractivity contribution in [3.8, 4) is 0 Å². The van der Waals surface area contributed by atoms with Crippen molar-refractivity contribution in [1.29, 1.82) is 0 Å². The van der Waals surface area contributed by atoms with Gasteiger partial charge < -0.3 is 5.32 Å². The lowest BCUT2D eigenvalue weighted by Crippen LogP contribution is -2.60. The number of carbonyl (C=O) groups excluding carboxylic acids is 2. The van der Waals surface area contributed by atoms with Gasteiger partial charge in [0.15, 0.2) is 5.54 Å². The van der Waals surface area contributed by atoms with Gasteiger partial charge in [-0.2, -0.15) is 0 Å². The van der Waals surface area contributed by atoms with Gasteiger partial charge in [-0.3, -0.25) is 14.5 Å². The van der Waals surface area contributed by atoms with Gasteiger partial charge in [0, 0.05) is 36.3 Å². The quantitative estimate of drug-likeness (QED) is 0.477. The van der Waals surface area contributed by atoms with Gasteiger partial charge in [-0.05, 0) is 50.3 Å². The minimum absolute atomic E-state index is 0.0617. The van der Waals surface area contributed by atoms with Crippen LogP contribution in [0.3, 0.4) is 0 Å². The zero-order chi connectivity index (χ0) is 24.8. The van der Waals surface area contributed by atoms with Crippen LogP contribution < -0.4 is 10.2 Å². The van der Waals surface area contributed by atoms with Crippen LogP contribution in [0.2, 0.25) is 0 Å². The lowest BCUT2D eigenvalue weighted by atomic mass is 9.87. The molecule has 182 valence electrons. The number of hydrogen-bond donors (Lipinski definition) is 1. The molecule has 2 bridgehead atoms. The fourth-order valence-electron chi connectivity index (χ4n) is 5.08. The van der Waals surface area contributed by atoms with E-state index in [1.165, 1.54) is 37.8 Å². The third-order valence-electron chi connectivity index (χ3n) is 6.91. The van der Waals surface area contributed by atoms with Crippen molar-refractivity contribution in [3.63, 3.8) is 0 Å². The smallest absolute Gasteiger partial charge is 0.278 e. The number of rotatable bonds is 6. The number of fused-ring (bicyclic) bond motifs is 2. The molecule has 6 nitrogen and oxygen atoms in total. The summed E-state index contributed by atoms with van der Waals surface area (Å²) in [5, 5.41) is 2.75. The van der Waals surface area contributed by atoms with Gasteiger partial charge in [0.25, 0.3) is 23.4 Å². The number of nitrogens with one attached hydrogen (secondary N) is 1. The molecule has 11 heteroatoms. The third kappa shape index (κ3) is 4.12. The van der Waals surface area contributed by atoms with Crippen molar-refractivity contribution in [2.45, 2.75) is 56.2 Å². The van der Waals surface area contributed by atoms with Crippen molar-refractivity contribution >= 4 is 29.1 Å². The Morgan fingerprint density at radius 2 is 1.94 bits per heavy atom. The minimum atomic E-state index is -2.78. The summed E-state index contributed by atoms with van der Waals surface area (Å²) < 4.78 is 57.2. The zero-order valence-electron chi connectivity index (χ0n) is 18.4. The van der Waals surface area contributed by atoms with E-state index in [1.807, 2.05) is 0 Å². The molecule has 0 saturated heterocycles. The molecule has 2 unspecified atom stereocenters. The minimum Gasteiger partial charge on any atom is -0.351 e. The SMILES string of the molecule is Cc1ccc(N(C(=O)[C@H](F)Cl)[C@](C)(C(=O)N[C@H]2CC3CC2CC3(F)F)c2cncnc2)c(F)c1. The second kappa shape index (κ2) is 8.79. The molecule has 2 aliphatic rings. The Morgan fingerprint density at radius 1 is 1.26 bits per heavy atom. The molecule has 4 rings (SSSR count). The summed E-state index contributed by atoms with van der Waals surface area (Å²) >= 11 is 5.48. The third-order valence-corrected chi connectivity index (χ3v) is 7.09. The van der Waals surface area contributed by atoms with Crippen LogP contribution in [-0.4, -0.2) is 39.4 Å². The van der Waals surface area contributed by atoms with Gasteiger partial charge in [-0.15, -0.1) is 0 Å². The van der Waals surface area contributed by atoms with Gasteiger partial charge in [0.05, 0.1) is 5.69 Å². The first-order valence-electron chi connectivity index (χ1n) is 10.8. The van der Waals surface area contributed by atoms with Crippen LogP contribution in [0.15, 0.2) is 36.9 Å². The van der Waals surface area contributed by atoms with Gasteiger partial charge in [-0.25, -0.2) is 27.5 Å². The Hall–Kier alpha value is -2.75. The highest BCUT2D eigenvalue weighted by molar-refractivity contribution is 6.32. The largest absolute Gasteiger partial charge is 0.351 e. The highest BCUT2D eigenvalue weighted by Gasteiger charge is 2.58. The fourth-order valence-corrected chi connectivity index (χ4v) is 5.18. The zero-order valence-corrected chi connectivity index (χ0v) is 19.2. The molecule has 2 amide bonds. The van der Waals surface area contributed by atoms with Crippen LogP contribution in [0.25, 0.3) is 0 Å². The van der Waals surface area contributed by atoms with Crippen LogP contribution in [0.4, 0.5) is 23.2 Å². The Balaban J connectivity index is 1.78. The topological polar surface area (TPSA) is 75.2 Å². The lowest BCUT2D eigenvalue weighted by Gasteiger charge is -2.41. The summed E-state index contributed by atoms with van der Waals surface area (Å²) in [7, 11) is 0. The van der Waals surface area contributed by atoms with E-state index in [1.54, 1.807) is 6.92 Å². The number of aromatic nitrogens is 2. The number of halogens is 5. The molecule has 0 spiro atoms. The molecule has 2 saturated carbocycles. The fraction of sp³-hybridized carbons (Fsp3) is 0.478. The van der Waals surface area contributed by atoms with Gasteiger partial charge in [0.2, 0.25) is 0 Å². The highest BCUT2D eigenvalue weighted by Crippen LogP contribution is 2.53. The van der Waals surface area contributed by atoms with E-state index >= 15 is 4.39 Å². The number of alkyl halides is 4. The summed E-state index contributed by atoms with van der Waals surface area (Å²) in [6, 6.07) is 3.31. The average Bonchev–Trinajstić information content (AvgIpc) is 3.31. The first kappa shape index (κ1) is 24.4. The molecule has 1 N–H and O–H groups in total. The molecule has 0 radical (unpaired) electrons. The number of aryl methyl sites for hydroxylation is 1. The standard InChI is InChI=1S/C23H23ClF4N4O2/c1-12-3-4-18(16(25)5-12)32(20(33)19(24)26)22(2,15-9-29-11-30-10-15)21(34)31-17-7-14-6-13(17)8-23(14,27)28/h3-5,9-11,13-14,17,19H,6-8H2,1-2H3,(H,31,34)/t13?,14?,17-,19-,22-/m0/s1. The first-order chi connectivity index (χ1) is 15.9. The van der Waals surface area contributed by atoms with Crippen LogP contribution in [0.5, 0.6) is 0 Å². The number of hydrogen-bond acceptors (Lipinski definition) is 4. The maximum Gasteiger partial charge on any atom is 0.278 e. The summed E-state index contributed by atoms with van der Waals surface area (Å²) in [6.45, 7) is 2.92. The van der Waals surface area contributed by atoms with Crippen molar-refractivity contribution in [3.05, 3.63) is 53.9 Å². The number of amides is 2. The van der Waals surface area contributed by atoms with E-state index in [0.29, 0.717) is 10.5 Å². The molecule has 1 heterocycles. The highest BCUT2D eigenvalue weighted by atomic mass is 35.5. The number of carbonyl (C=O) groups is 2. The maximum absolute atomic E-state index is 15.0.